The Morgan fingerprint density at radius 2 is 2.25 bits per heavy atom. The van der Waals surface area contributed by atoms with Gasteiger partial charge in [-0.25, -0.2) is 4.39 Å². The van der Waals surface area contributed by atoms with Crippen molar-refractivity contribution >= 4 is 15.9 Å². The minimum atomic E-state index is -0.274. The average molecular weight is 233 g/mol. The number of rotatable bonds is 2. The Bertz CT molecular complexity index is 275. The zero-order chi connectivity index (χ0) is 9.14. The van der Waals surface area contributed by atoms with Crippen molar-refractivity contribution in [1.29, 1.82) is 0 Å². The van der Waals surface area contributed by atoms with Gasteiger partial charge in [0.1, 0.15) is 5.82 Å². The van der Waals surface area contributed by atoms with Crippen LogP contribution in [-0.2, 0) is 0 Å². The van der Waals surface area contributed by atoms with Gasteiger partial charge in [-0.3, -0.25) is 0 Å². The van der Waals surface area contributed by atoms with Gasteiger partial charge in [0, 0.05) is 12.5 Å². The summed E-state index contributed by atoms with van der Waals surface area (Å²) < 4.78 is 13.2. The van der Waals surface area contributed by atoms with Crippen LogP contribution in [0.15, 0.2) is 22.7 Å². The van der Waals surface area contributed by atoms with Gasteiger partial charge in [0.15, 0.2) is 0 Å². The van der Waals surface area contributed by atoms with Crippen LogP contribution < -0.4 is 0 Å². The molecule has 1 N–H and O–H groups in total. The molecule has 0 aliphatic carbocycles. The molecular weight excluding hydrogens is 223 g/mol. The third-order valence-electron chi connectivity index (χ3n) is 1.79. The molecule has 0 saturated heterocycles. The van der Waals surface area contributed by atoms with Gasteiger partial charge in [-0.15, -0.1) is 0 Å². The SMILES string of the molecule is CC(CO)c1ccc(F)c(Br)c1. The monoisotopic (exact) mass is 232 g/mol. The van der Waals surface area contributed by atoms with E-state index in [-0.39, 0.29) is 18.3 Å². The summed E-state index contributed by atoms with van der Waals surface area (Å²) in [4.78, 5) is 0. The molecule has 66 valence electrons. The van der Waals surface area contributed by atoms with Gasteiger partial charge >= 0.3 is 0 Å². The molecule has 1 atom stereocenters. The summed E-state index contributed by atoms with van der Waals surface area (Å²) in [6.07, 6.45) is 0. The molecule has 0 aromatic heterocycles. The summed E-state index contributed by atoms with van der Waals surface area (Å²) in [5.74, 6) is -0.217. The molecule has 0 heterocycles. The molecule has 0 spiro atoms. The molecule has 1 aromatic rings. The van der Waals surface area contributed by atoms with Gasteiger partial charge in [0.2, 0.25) is 0 Å². The Labute approximate surface area is 79.4 Å². The average Bonchev–Trinajstić information content (AvgIpc) is 2.08. The first-order valence-electron chi connectivity index (χ1n) is 3.71. The van der Waals surface area contributed by atoms with Crippen LogP contribution in [0, 0.1) is 5.82 Å². The van der Waals surface area contributed by atoms with Crippen molar-refractivity contribution in [1.82, 2.24) is 0 Å². The van der Waals surface area contributed by atoms with Crippen molar-refractivity contribution in [2.75, 3.05) is 6.61 Å². The van der Waals surface area contributed by atoms with Crippen LogP contribution >= 0.6 is 15.9 Å². The summed E-state index contributed by atoms with van der Waals surface area (Å²) in [5.41, 5.74) is 0.936. The van der Waals surface area contributed by atoms with Crippen LogP contribution in [0.4, 0.5) is 4.39 Å². The predicted octanol–water partition coefficient (Wildman–Crippen LogP) is 2.68. The zero-order valence-electron chi connectivity index (χ0n) is 6.72. The summed E-state index contributed by atoms with van der Waals surface area (Å²) in [7, 11) is 0. The van der Waals surface area contributed by atoms with Crippen molar-refractivity contribution in [3.05, 3.63) is 34.1 Å². The lowest BCUT2D eigenvalue weighted by atomic mass is 10.0. The first-order chi connectivity index (χ1) is 5.65. The molecule has 1 nitrogen and oxygen atoms in total. The maximum atomic E-state index is 12.8. The highest BCUT2D eigenvalue weighted by molar-refractivity contribution is 9.10. The largest absolute Gasteiger partial charge is 0.396 e. The molecule has 0 bridgehead atoms. The smallest absolute Gasteiger partial charge is 0.137 e. The molecule has 0 radical (unpaired) electrons. The fraction of sp³-hybridized carbons (Fsp3) is 0.333. The van der Waals surface area contributed by atoms with E-state index in [0.29, 0.717) is 4.47 Å². The van der Waals surface area contributed by atoms with E-state index in [0.717, 1.165) is 5.56 Å². The molecule has 0 saturated carbocycles. The second-order valence-corrected chi connectivity index (χ2v) is 3.61. The predicted molar refractivity (Wildman–Crippen MR) is 49.6 cm³/mol. The van der Waals surface area contributed by atoms with Gasteiger partial charge in [-0.2, -0.15) is 0 Å². The Balaban J connectivity index is 2.96. The molecule has 3 heteroatoms. The van der Waals surface area contributed by atoms with Crippen LogP contribution in [-0.4, -0.2) is 11.7 Å². The van der Waals surface area contributed by atoms with Crippen LogP contribution in [0.5, 0.6) is 0 Å². The summed E-state index contributed by atoms with van der Waals surface area (Å²) in [5, 5.41) is 8.84. The van der Waals surface area contributed by atoms with E-state index in [1.165, 1.54) is 6.07 Å². The van der Waals surface area contributed by atoms with Gasteiger partial charge in [-0.05, 0) is 33.6 Å². The zero-order valence-corrected chi connectivity index (χ0v) is 8.31. The van der Waals surface area contributed by atoms with Crippen molar-refractivity contribution in [3.63, 3.8) is 0 Å². The van der Waals surface area contributed by atoms with Gasteiger partial charge in [0.25, 0.3) is 0 Å². The van der Waals surface area contributed by atoms with Crippen LogP contribution in [0.25, 0.3) is 0 Å². The normalized spacial score (nSPS) is 13.0. The van der Waals surface area contributed by atoms with E-state index < -0.39 is 0 Å². The van der Waals surface area contributed by atoms with Crippen molar-refractivity contribution < 1.29 is 9.50 Å². The lowest BCUT2D eigenvalue weighted by Crippen LogP contribution is -1.98. The Morgan fingerprint density at radius 3 is 2.75 bits per heavy atom. The molecule has 12 heavy (non-hydrogen) atoms. The summed E-state index contributed by atoms with van der Waals surface area (Å²) >= 11 is 3.09. The van der Waals surface area contributed by atoms with Crippen molar-refractivity contribution in [2.45, 2.75) is 12.8 Å². The number of hydrogen-bond acceptors (Lipinski definition) is 1. The van der Waals surface area contributed by atoms with E-state index in [9.17, 15) is 4.39 Å². The minimum absolute atomic E-state index is 0.0573. The summed E-state index contributed by atoms with van der Waals surface area (Å²) in [6.45, 7) is 1.97. The lowest BCUT2D eigenvalue weighted by molar-refractivity contribution is 0.273. The maximum absolute atomic E-state index is 12.8. The highest BCUT2D eigenvalue weighted by Crippen LogP contribution is 2.21. The number of hydrogen-bond donors (Lipinski definition) is 1. The third-order valence-corrected chi connectivity index (χ3v) is 2.39. The second kappa shape index (κ2) is 4.01. The lowest BCUT2D eigenvalue weighted by Gasteiger charge is -2.08. The van der Waals surface area contributed by atoms with E-state index >= 15 is 0 Å². The molecular formula is C9H10BrFO. The Morgan fingerprint density at radius 1 is 1.58 bits per heavy atom. The van der Waals surface area contributed by atoms with Crippen LogP contribution in [0.1, 0.15) is 18.4 Å². The molecule has 0 amide bonds. The first kappa shape index (κ1) is 9.68. The quantitative estimate of drug-likeness (QED) is 0.832. The van der Waals surface area contributed by atoms with Crippen molar-refractivity contribution in [2.24, 2.45) is 0 Å². The fourth-order valence-corrected chi connectivity index (χ4v) is 1.32. The van der Waals surface area contributed by atoms with Crippen molar-refractivity contribution in [3.8, 4) is 0 Å². The summed E-state index contributed by atoms with van der Waals surface area (Å²) in [6, 6.07) is 4.77. The molecule has 1 rings (SSSR count). The van der Waals surface area contributed by atoms with Crippen LogP contribution in [0.2, 0.25) is 0 Å². The Hall–Kier alpha value is -0.410. The molecule has 0 aliphatic heterocycles. The highest BCUT2D eigenvalue weighted by atomic mass is 79.9. The fourth-order valence-electron chi connectivity index (χ4n) is 0.924. The van der Waals surface area contributed by atoms with Crippen LogP contribution in [0.3, 0.4) is 0 Å². The molecule has 0 fully saturated rings. The van der Waals surface area contributed by atoms with Gasteiger partial charge in [0.05, 0.1) is 4.47 Å². The number of aliphatic hydroxyl groups is 1. The third kappa shape index (κ3) is 2.05. The maximum Gasteiger partial charge on any atom is 0.137 e. The Kier molecular flexibility index (Phi) is 3.23. The van der Waals surface area contributed by atoms with Gasteiger partial charge < -0.3 is 5.11 Å². The van der Waals surface area contributed by atoms with E-state index in [1.807, 2.05) is 6.92 Å². The number of benzene rings is 1. The topological polar surface area (TPSA) is 20.2 Å². The molecule has 0 aliphatic rings. The molecule has 1 aromatic carbocycles. The van der Waals surface area contributed by atoms with E-state index in [4.69, 9.17) is 5.11 Å². The van der Waals surface area contributed by atoms with E-state index in [2.05, 4.69) is 15.9 Å². The standard InChI is InChI=1S/C9H10BrFO/c1-6(5-12)7-2-3-9(11)8(10)4-7/h2-4,6,12H,5H2,1H3. The van der Waals surface area contributed by atoms with E-state index in [1.54, 1.807) is 12.1 Å². The first-order valence-corrected chi connectivity index (χ1v) is 4.50. The highest BCUT2D eigenvalue weighted by Gasteiger charge is 2.06. The molecule has 1 unspecified atom stereocenters. The minimum Gasteiger partial charge on any atom is -0.396 e. The van der Waals surface area contributed by atoms with Gasteiger partial charge in [-0.1, -0.05) is 13.0 Å². The second-order valence-electron chi connectivity index (χ2n) is 2.76. The number of aliphatic hydroxyl groups excluding tert-OH is 1. The number of halogens is 2.